The minimum Gasteiger partial charge on any atom is -0.399 e. The van der Waals surface area contributed by atoms with E-state index in [0.29, 0.717) is 12.1 Å². The molecule has 0 radical (unpaired) electrons. The number of ketones is 1. The molecule has 0 bridgehead atoms. The van der Waals surface area contributed by atoms with Crippen molar-refractivity contribution in [1.29, 1.82) is 0 Å². The van der Waals surface area contributed by atoms with E-state index in [4.69, 9.17) is 5.73 Å². The van der Waals surface area contributed by atoms with Crippen LogP contribution in [0.2, 0.25) is 0 Å². The van der Waals surface area contributed by atoms with E-state index in [1.807, 2.05) is 12.1 Å². The van der Waals surface area contributed by atoms with Gasteiger partial charge in [0, 0.05) is 17.7 Å². The third kappa shape index (κ3) is 3.21. The van der Waals surface area contributed by atoms with E-state index in [0.717, 1.165) is 24.8 Å². The molecule has 2 heteroatoms. The molecule has 0 saturated carbocycles. The lowest BCUT2D eigenvalue weighted by molar-refractivity contribution is 0.0979. The molecule has 2 N–H and O–H groups in total. The molecule has 0 aliphatic carbocycles. The first-order valence-electron chi connectivity index (χ1n) is 5.12. The van der Waals surface area contributed by atoms with Crippen molar-refractivity contribution in [3.63, 3.8) is 0 Å². The first-order valence-corrected chi connectivity index (χ1v) is 5.12. The van der Waals surface area contributed by atoms with Crippen LogP contribution in [0, 0.1) is 0 Å². The predicted octanol–water partition coefficient (Wildman–Crippen LogP) is 3.03. The molecule has 0 aliphatic rings. The SMILES string of the molecule is CCCCCC(=O)c1cccc(N)c1. The predicted molar refractivity (Wildman–Crippen MR) is 59.3 cm³/mol. The average Bonchev–Trinajstić information content (AvgIpc) is 2.18. The van der Waals surface area contributed by atoms with Gasteiger partial charge in [-0.15, -0.1) is 0 Å². The van der Waals surface area contributed by atoms with E-state index < -0.39 is 0 Å². The van der Waals surface area contributed by atoms with Crippen molar-refractivity contribution in [2.75, 3.05) is 5.73 Å². The second kappa shape index (κ2) is 5.43. The normalized spacial score (nSPS) is 10.1. The number of rotatable bonds is 5. The van der Waals surface area contributed by atoms with Gasteiger partial charge in [-0.1, -0.05) is 31.9 Å². The van der Waals surface area contributed by atoms with Crippen LogP contribution in [0.5, 0.6) is 0 Å². The number of benzene rings is 1. The van der Waals surface area contributed by atoms with Crippen LogP contribution < -0.4 is 5.73 Å². The summed E-state index contributed by atoms with van der Waals surface area (Å²) in [5, 5.41) is 0. The van der Waals surface area contributed by atoms with Gasteiger partial charge in [0.15, 0.2) is 5.78 Å². The largest absolute Gasteiger partial charge is 0.399 e. The Morgan fingerprint density at radius 3 is 2.79 bits per heavy atom. The zero-order valence-corrected chi connectivity index (χ0v) is 8.62. The number of nitrogen functional groups attached to an aromatic ring is 1. The highest BCUT2D eigenvalue weighted by molar-refractivity contribution is 5.96. The van der Waals surface area contributed by atoms with Crippen molar-refractivity contribution in [2.24, 2.45) is 0 Å². The molecule has 76 valence electrons. The number of hydrogen-bond donors (Lipinski definition) is 1. The summed E-state index contributed by atoms with van der Waals surface area (Å²) in [7, 11) is 0. The molecule has 0 atom stereocenters. The second-order valence-corrected chi connectivity index (χ2v) is 3.51. The highest BCUT2D eigenvalue weighted by Gasteiger charge is 2.04. The molecule has 0 saturated heterocycles. The lowest BCUT2D eigenvalue weighted by Gasteiger charge is -2.01. The number of carbonyl (C=O) groups is 1. The average molecular weight is 191 g/mol. The van der Waals surface area contributed by atoms with Crippen LogP contribution in [-0.4, -0.2) is 5.78 Å². The number of carbonyl (C=O) groups excluding carboxylic acids is 1. The van der Waals surface area contributed by atoms with Gasteiger partial charge in [0.2, 0.25) is 0 Å². The lowest BCUT2D eigenvalue weighted by atomic mass is 10.0. The fourth-order valence-electron chi connectivity index (χ4n) is 1.39. The van der Waals surface area contributed by atoms with Crippen LogP contribution in [0.3, 0.4) is 0 Å². The topological polar surface area (TPSA) is 43.1 Å². The molecular formula is C12H17NO. The quantitative estimate of drug-likeness (QED) is 0.441. The summed E-state index contributed by atoms with van der Waals surface area (Å²) < 4.78 is 0. The maximum absolute atomic E-state index is 11.6. The van der Waals surface area contributed by atoms with E-state index in [2.05, 4.69) is 6.92 Å². The van der Waals surface area contributed by atoms with Crippen LogP contribution in [0.25, 0.3) is 0 Å². The van der Waals surface area contributed by atoms with Crippen molar-refractivity contribution in [1.82, 2.24) is 0 Å². The molecular weight excluding hydrogens is 174 g/mol. The first kappa shape index (κ1) is 10.8. The summed E-state index contributed by atoms with van der Waals surface area (Å²) in [4.78, 5) is 11.6. The van der Waals surface area contributed by atoms with Crippen LogP contribution >= 0.6 is 0 Å². The van der Waals surface area contributed by atoms with Gasteiger partial charge < -0.3 is 5.73 Å². The van der Waals surface area contributed by atoms with Crippen molar-refractivity contribution < 1.29 is 4.79 Å². The Bertz CT molecular complexity index is 307. The van der Waals surface area contributed by atoms with E-state index >= 15 is 0 Å². The fraction of sp³-hybridized carbons (Fsp3) is 0.417. The number of unbranched alkanes of at least 4 members (excludes halogenated alkanes) is 2. The Kier molecular flexibility index (Phi) is 4.17. The third-order valence-electron chi connectivity index (χ3n) is 2.22. The maximum Gasteiger partial charge on any atom is 0.162 e. The lowest BCUT2D eigenvalue weighted by Crippen LogP contribution is -1.99. The van der Waals surface area contributed by atoms with Crippen molar-refractivity contribution in [3.8, 4) is 0 Å². The highest BCUT2D eigenvalue weighted by atomic mass is 16.1. The Morgan fingerprint density at radius 1 is 1.36 bits per heavy atom. The molecule has 2 nitrogen and oxygen atoms in total. The smallest absolute Gasteiger partial charge is 0.162 e. The zero-order chi connectivity index (χ0) is 10.4. The van der Waals surface area contributed by atoms with Gasteiger partial charge >= 0.3 is 0 Å². The van der Waals surface area contributed by atoms with Crippen LogP contribution in [0.4, 0.5) is 5.69 Å². The van der Waals surface area contributed by atoms with Crippen LogP contribution in [0.1, 0.15) is 43.0 Å². The summed E-state index contributed by atoms with van der Waals surface area (Å²) in [5.74, 6) is 0.200. The Balaban J connectivity index is 2.52. The van der Waals surface area contributed by atoms with Crippen LogP contribution in [0.15, 0.2) is 24.3 Å². The van der Waals surface area contributed by atoms with Gasteiger partial charge in [0.05, 0.1) is 0 Å². The van der Waals surface area contributed by atoms with Crippen molar-refractivity contribution in [3.05, 3.63) is 29.8 Å². The molecule has 0 unspecified atom stereocenters. The molecule has 0 amide bonds. The van der Waals surface area contributed by atoms with Crippen molar-refractivity contribution in [2.45, 2.75) is 32.6 Å². The third-order valence-corrected chi connectivity index (χ3v) is 2.22. The summed E-state index contributed by atoms with van der Waals surface area (Å²) >= 11 is 0. The maximum atomic E-state index is 11.6. The molecule has 14 heavy (non-hydrogen) atoms. The second-order valence-electron chi connectivity index (χ2n) is 3.51. The monoisotopic (exact) mass is 191 g/mol. The number of hydrogen-bond acceptors (Lipinski definition) is 2. The zero-order valence-electron chi connectivity index (χ0n) is 8.62. The van der Waals surface area contributed by atoms with Gasteiger partial charge in [-0.2, -0.15) is 0 Å². The molecule has 0 fully saturated rings. The van der Waals surface area contributed by atoms with Crippen LogP contribution in [-0.2, 0) is 0 Å². The molecule has 0 heterocycles. The van der Waals surface area contributed by atoms with Gasteiger partial charge in [-0.3, -0.25) is 4.79 Å². The fourth-order valence-corrected chi connectivity index (χ4v) is 1.39. The first-order chi connectivity index (χ1) is 6.74. The number of nitrogens with two attached hydrogens (primary N) is 1. The Labute approximate surface area is 85.1 Å². The van der Waals surface area contributed by atoms with E-state index in [9.17, 15) is 4.79 Å². The summed E-state index contributed by atoms with van der Waals surface area (Å²) in [6.07, 6.45) is 3.87. The summed E-state index contributed by atoms with van der Waals surface area (Å²) in [5.41, 5.74) is 6.99. The molecule has 1 aromatic rings. The highest BCUT2D eigenvalue weighted by Crippen LogP contribution is 2.11. The minimum absolute atomic E-state index is 0.200. The Morgan fingerprint density at radius 2 is 2.14 bits per heavy atom. The van der Waals surface area contributed by atoms with E-state index in [1.165, 1.54) is 0 Å². The van der Waals surface area contributed by atoms with Gasteiger partial charge in [-0.05, 0) is 18.6 Å². The van der Waals surface area contributed by atoms with Gasteiger partial charge in [0.25, 0.3) is 0 Å². The molecule has 1 rings (SSSR count). The van der Waals surface area contributed by atoms with Crippen molar-refractivity contribution >= 4 is 11.5 Å². The van der Waals surface area contributed by atoms with E-state index in [-0.39, 0.29) is 5.78 Å². The minimum atomic E-state index is 0.200. The number of anilines is 1. The van der Waals surface area contributed by atoms with E-state index in [1.54, 1.807) is 12.1 Å². The molecule has 0 aliphatic heterocycles. The summed E-state index contributed by atoms with van der Waals surface area (Å²) in [6.45, 7) is 2.13. The molecule has 0 spiro atoms. The standard InChI is InChI=1S/C12H17NO/c1-2-3-4-8-12(14)10-6-5-7-11(13)9-10/h5-7,9H,2-4,8,13H2,1H3. The Hall–Kier alpha value is -1.31. The van der Waals surface area contributed by atoms with Gasteiger partial charge in [-0.25, -0.2) is 0 Å². The number of Topliss-reactive ketones (excluding diaryl/α,β-unsaturated/α-hetero) is 1. The van der Waals surface area contributed by atoms with Gasteiger partial charge in [0.1, 0.15) is 0 Å². The molecule has 0 aromatic heterocycles. The summed E-state index contributed by atoms with van der Waals surface area (Å²) in [6, 6.07) is 7.18. The molecule has 1 aromatic carbocycles.